The topological polar surface area (TPSA) is 62.6 Å². The minimum absolute atomic E-state index is 0.254. The third-order valence-electron chi connectivity index (χ3n) is 4.09. The van der Waals surface area contributed by atoms with Crippen molar-refractivity contribution in [3.63, 3.8) is 0 Å². The largest absolute Gasteiger partial charge is 0.452 e. The molecule has 0 radical (unpaired) electrons. The van der Waals surface area contributed by atoms with Crippen molar-refractivity contribution in [2.24, 2.45) is 5.92 Å². The van der Waals surface area contributed by atoms with Gasteiger partial charge in [0, 0.05) is 25.2 Å². The SMILES string of the molecule is CC1CCCN(S(=O)(=O)c2cc(CNC3CC3)oc2Br)C1. The van der Waals surface area contributed by atoms with Crippen molar-refractivity contribution in [3.05, 3.63) is 16.5 Å². The molecule has 0 bridgehead atoms. The van der Waals surface area contributed by atoms with Gasteiger partial charge in [-0.25, -0.2) is 8.42 Å². The van der Waals surface area contributed by atoms with E-state index in [4.69, 9.17) is 4.42 Å². The molecule has 1 aromatic rings. The van der Waals surface area contributed by atoms with E-state index in [-0.39, 0.29) is 4.90 Å². The fraction of sp³-hybridized carbons (Fsp3) is 0.714. The number of halogens is 1. The Labute approximate surface area is 134 Å². The summed E-state index contributed by atoms with van der Waals surface area (Å²) in [6, 6.07) is 2.21. The first-order valence-corrected chi connectivity index (χ1v) is 9.72. The highest BCUT2D eigenvalue weighted by Gasteiger charge is 2.32. The van der Waals surface area contributed by atoms with Gasteiger partial charge in [0.05, 0.1) is 6.54 Å². The van der Waals surface area contributed by atoms with E-state index in [9.17, 15) is 8.42 Å². The predicted octanol–water partition coefficient (Wildman–Crippen LogP) is 2.71. The standard InChI is InChI=1S/C14H21BrN2O3S/c1-10-3-2-6-17(9-10)21(18,19)13-7-12(20-14(13)15)8-16-11-4-5-11/h7,10-11,16H,2-6,8-9H2,1H3. The van der Waals surface area contributed by atoms with E-state index < -0.39 is 10.0 Å². The second-order valence-corrected chi connectivity index (χ2v) is 8.74. The zero-order valence-electron chi connectivity index (χ0n) is 12.1. The zero-order chi connectivity index (χ0) is 15.0. The molecule has 3 rings (SSSR count). The van der Waals surface area contributed by atoms with E-state index in [1.807, 2.05) is 0 Å². The maximum Gasteiger partial charge on any atom is 0.247 e. The lowest BCUT2D eigenvalue weighted by atomic mass is 10.0. The number of hydrogen-bond acceptors (Lipinski definition) is 4. The van der Waals surface area contributed by atoms with Gasteiger partial charge in [-0.3, -0.25) is 0 Å². The van der Waals surface area contributed by atoms with Crippen LogP contribution in [0.15, 0.2) is 20.0 Å². The lowest BCUT2D eigenvalue weighted by Crippen LogP contribution is -2.39. The maximum absolute atomic E-state index is 12.7. The van der Waals surface area contributed by atoms with Crippen molar-refractivity contribution in [1.82, 2.24) is 9.62 Å². The van der Waals surface area contributed by atoms with Gasteiger partial charge in [0.15, 0.2) is 4.67 Å². The van der Waals surface area contributed by atoms with Gasteiger partial charge in [-0.1, -0.05) is 6.92 Å². The first kappa shape index (κ1) is 15.5. The molecule has 7 heteroatoms. The van der Waals surface area contributed by atoms with Crippen molar-refractivity contribution in [3.8, 4) is 0 Å². The minimum Gasteiger partial charge on any atom is -0.452 e. The number of piperidine rings is 1. The Morgan fingerprint density at radius 3 is 2.86 bits per heavy atom. The number of nitrogens with zero attached hydrogens (tertiary/aromatic N) is 1. The van der Waals surface area contributed by atoms with Gasteiger partial charge in [-0.2, -0.15) is 4.31 Å². The van der Waals surface area contributed by atoms with Gasteiger partial charge in [0.1, 0.15) is 10.7 Å². The van der Waals surface area contributed by atoms with Crippen LogP contribution in [0.1, 0.15) is 38.4 Å². The number of rotatable bonds is 5. The Balaban J connectivity index is 1.77. The van der Waals surface area contributed by atoms with Crippen molar-refractivity contribution < 1.29 is 12.8 Å². The number of nitrogens with one attached hydrogen (secondary N) is 1. The molecule has 2 fully saturated rings. The molecular formula is C14H21BrN2O3S. The summed E-state index contributed by atoms with van der Waals surface area (Å²) in [7, 11) is -3.46. The summed E-state index contributed by atoms with van der Waals surface area (Å²) in [4.78, 5) is 0.254. The molecule has 0 aromatic carbocycles. The van der Waals surface area contributed by atoms with E-state index in [0.717, 1.165) is 12.8 Å². The van der Waals surface area contributed by atoms with Crippen LogP contribution in [0, 0.1) is 5.92 Å². The van der Waals surface area contributed by atoms with Crippen LogP contribution < -0.4 is 5.32 Å². The van der Waals surface area contributed by atoms with E-state index in [2.05, 4.69) is 28.2 Å². The van der Waals surface area contributed by atoms with E-state index >= 15 is 0 Å². The zero-order valence-corrected chi connectivity index (χ0v) is 14.5. The van der Waals surface area contributed by atoms with Crippen LogP contribution in [0.4, 0.5) is 0 Å². The Bertz CT molecular complexity index is 610. The maximum atomic E-state index is 12.7. The van der Waals surface area contributed by atoms with Crippen LogP contribution in [0.25, 0.3) is 0 Å². The molecule has 1 aliphatic heterocycles. The van der Waals surface area contributed by atoms with Crippen LogP contribution >= 0.6 is 15.9 Å². The molecule has 1 aromatic heterocycles. The Hall–Kier alpha value is -0.370. The van der Waals surface area contributed by atoms with Crippen molar-refractivity contribution in [2.75, 3.05) is 13.1 Å². The molecule has 118 valence electrons. The molecule has 0 spiro atoms. The normalized spacial score (nSPS) is 24.4. The van der Waals surface area contributed by atoms with Gasteiger partial charge >= 0.3 is 0 Å². The van der Waals surface area contributed by atoms with Gasteiger partial charge in [0.25, 0.3) is 0 Å². The van der Waals surface area contributed by atoms with Crippen molar-refractivity contribution >= 4 is 26.0 Å². The molecule has 5 nitrogen and oxygen atoms in total. The molecule has 2 aliphatic rings. The van der Waals surface area contributed by atoms with Crippen LogP contribution in [0.3, 0.4) is 0 Å². The van der Waals surface area contributed by atoms with Crippen LogP contribution in [-0.4, -0.2) is 31.9 Å². The van der Waals surface area contributed by atoms with Gasteiger partial charge in [-0.05, 0) is 47.5 Å². The lowest BCUT2D eigenvalue weighted by molar-refractivity contribution is 0.281. The second-order valence-electron chi connectivity index (χ2n) is 6.12. The van der Waals surface area contributed by atoms with Crippen LogP contribution in [0.2, 0.25) is 0 Å². The Morgan fingerprint density at radius 2 is 2.19 bits per heavy atom. The third kappa shape index (κ3) is 3.52. The third-order valence-corrected chi connectivity index (χ3v) is 6.81. The first-order chi connectivity index (χ1) is 9.96. The molecule has 1 unspecified atom stereocenters. The van der Waals surface area contributed by atoms with Crippen molar-refractivity contribution in [2.45, 2.75) is 50.1 Å². The fourth-order valence-corrected chi connectivity index (χ4v) is 5.26. The summed E-state index contributed by atoms with van der Waals surface area (Å²) in [6.07, 6.45) is 4.40. The molecular weight excluding hydrogens is 356 g/mol. The summed E-state index contributed by atoms with van der Waals surface area (Å²) >= 11 is 3.26. The van der Waals surface area contributed by atoms with Gasteiger partial charge < -0.3 is 9.73 Å². The van der Waals surface area contributed by atoms with Gasteiger partial charge in [0.2, 0.25) is 10.0 Å². The Morgan fingerprint density at radius 1 is 1.43 bits per heavy atom. The quantitative estimate of drug-likeness (QED) is 0.857. The lowest BCUT2D eigenvalue weighted by Gasteiger charge is -2.29. The molecule has 1 atom stereocenters. The molecule has 1 N–H and O–H groups in total. The molecule has 2 heterocycles. The summed E-state index contributed by atoms with van der Waals surface area (Å²) < 4.78 is 32.9. The monoisotopic (exact) mass is 376 g/mol. The molecule has 21 heavy (non-hydrogen) atoms. The highest BCUT2D eigenvalue weighted by molar-refractivity contribution is 9.10. The number of furan rings is 1. The van der Waals surface area contributed by atoms with Crippen LogP contribution in [-0.2, 0) is 16.6 Å². The summed E-state index contributed by atoms with van der Waals surface area (Å²) in [6.45, 7) is 3.86. The Kier molecular flexibility index (Phi) is 4.45. The number of hydrogen-bond donors (Lipinski definition) is 1. The molecule has 1 aliphatic carbocycles. The molecule has 1 saturated heterocycles. The number of sulfonamides is 1. The van der Waals surface area contributed by atoms with Gasteiger partial charge in [-0.15, -0.1) is 0 Å². The second kappa shape index (κ2) is 6.02. The minimum atomic E-state index is -3.46. The highest BCUT2D eigenvalue weighted by Crippen LogP contribution is 2.31. The van der Waals surface area contributed by atoms with E-state index in [0.29, 0.717) is 42.0 Å². The summed E-state index contributed by atoms with van der Waals surface area (Å²) in [5.74, 6) is 1.08. The first-order valence-electron chi connectivity index (χ1n) is 7.48. The molecule has 0 amide bonds. The summed E-state index contributed by atoms with van der Waals surface area (Å²) in [5, 5.41) is 3.33. The molecule has 1 saturated carbocycles. The average molecular weight is 377 g/mol. The van der Waals surface area contributed by atoms with Crippen molar-refractivity contribution in [1.29, 1.82) is 0 Å². The van der Waals surface area contributed by atoms with Crippen LogP contribution in [0.5, 0.6) is 0 Å². The fourth-order valence-electron chi connectivity index (χ4n) is 2.70. The van der Waals surface area contributed by atoms with E-state index in [1.54, 1.807) is 10.4 Å². The highest BCUT2D eigenvalue weighted by atomic mass is 79.9. The predicted molar refractivity (Wildman–Crippen MR) is 83.4 cm³/mol. The average Bonchev–Trinajstić information content (AvgIpc) is 3.19. The van der Waals surface area contributed by atoms with E-state index in [1.165, 1.54) is 12.8 Å². The smallest absolute Gasteiger partial charge is 0.247 e. The summed E-state index contributed by atoms with van der Waals surface area (Å²) in [5.41, 5.74) is 0.